The van der Waals surface area contributed by atoms with E-state index in [-0.39, 0.29) is 24.5 Å². The summed E-state index contributed by atoms with van der Waals surface area (Å²) in [6.45, 7) is 5.35. The number of nitrogens with zero attached hydrogens (tertiary/aromatic N) is 1. The molecule has 2 fully saturated rings. The first-order valence-corrected chi connectivity index (χ1v) is 12.8. The van der Waals surface area contributed by atoms with Crippen LogP contribution in [0.25, 0.3) is 6.08 Å². The van der Waals surface area contributed by atoms with Crippen LogP contribution in [0.2, 0.25) is 0 Å². The molecule has 2 aliphatic heterocycles. The van der Waals surface area contributed by atoms with E-state index in [2.05, 4.69) is 5.32 Å². The van der Waals surface area contributed by atoms with Crippen LogP contribution in [-0.2, 0) is 14.3 Å². The van der Waals surface area contributed by atoms with Gasteiger partial charge in [-0.1, -0.05) is 47.7 Å². The van der Waals surface area contributed by atoms with E-state index >= 15 is 0 Å². The number of ether oxygens (including phenoxy) is 3. The Morgan fingerprint density at radius 2 is 2.03 bits per heavy atom. The molecule has 9 heteroatoms. The van der Waals surface area contributed by atoms with Crippen molar-refractivity contribution in [3.63, 3.8) is 0 Å². The van der Waals surface area contributed by atoms with Crippen LogP contribution in [0.5, 0.6) is 11.5 Å². The maximum atomic E-state index is 12.9. The number of carbonyl (C=O) groups is 2. The third kappa shape index (κ3) is 6.62. The lowest BCUT2D eigenvalue weighted by Gasteiger charge is -2.18. The highest BCUT2D eigenvalue weighted by molar-refractivity contribution is 8.26. The first kappa shape index (κ1) is 25.2. The van der Waals surface area contributed by atoms with Gasteiger partial charge in [0.05, 0.1) is 24.2 Å². The summed E-state index contributed by atoms with van der Waals surface area (Å²) in [4.78, 5) is 27.4. The predicted molar refractivity (Wildman–Crippen MR) is 142 cm³/mol. The van der Waals surface area contributed by atoms with Gasteiger partial charge in [0.2, 0.25) is 0 Å². The summed E-state index contributed by atoms with van der Waals surface area (Å²) in [5.74, 6) is 0.574. The summed E-state index contributed by atoms with van der Waals surface area (Å²) >= 11 is 6.72. The maximum Gasteiger partial charge on any atom is 0.266 e. The van der Waals surface area contributed by atoms with Gasteiger partial charge in [0.25, 0.3) is 11.8 Å². The number of hydrogen-bond acceptors (Lipinski definition) is 7. The largest absolute Gasteiger partial charge is 0.490 e. The lowest BCUT2D eigenvalue weighted by molar-refractivity contribution is -0.123. The molecule has 2 heterocycles. The Bertz CT molecular complexity index is 1130. The minimum atomic E-state index is -0.268. The van der Waals surface area contributed by atoms with Gasteiger partial charge >= 0.3 is 0 Å². The van der Waals surface area contributed by atoms with E-state index in [0.29, 0.717) is 39.6 Å². The van der Waals surface area contributed by atoms with E-state index in [1.807, 2.05) is 44.2 Å². The molecule has 4 rings (SSSR count). The van der Waals surface area contributed by atoms with Crippen LogP contribution in [-0.4, -0.2) is 53.5 Å². The van der Waals surface area contributed by atoms with Crippen LogP contribution in [0, 0.1) is 6.92 Å². The third-order valence-corrected chi connectivity index (χ3v) is 6.92. The molecule has 2 saturated heterocycles. The summed E-state index contributed by atoms with van der Waals surface area (Å²) in [6, 6.07) is 12.9. The Labute approximate surface area is 214 Å². The molecule has 0 aromatic heterocycles. The van der Waals surface area contributed by atoms with Gasteiger partial charge in [-0.05, 0) is 62.6 Å². The summed E-state index contributed by atoms with van der Waals surface area (Å²) in [7, 11) is 0. The van der Waals surface area contributed by atoms with E-state index in [1.54, 1.807) is 23.1 Å². The van der Waals surface area contributed by atoms with E-state index in [9.17, 15) is 9.59 Å². The molecule has 0 bridgehead atoms. The predicted octanol–water partition coefficient (Wildman–Crippen LogP) is 4.79. The molecule has 7 nitrogen and oxygen atoms in total. The van der Waals surface area contributed by atoms with Crippen LogP contribution in [0.3, 0.4) is 0 Å². The van der Waals surface area contributed by atoms with E-state index in [4.69, 9.17) is 26.4 Å². The number of thioether (sulfide) groups is 1. The van der Waals surface area contributed by atoms with Crippen molar-refractivity contribution in [1.29, 1.82) is 0 Å². The zero-order valence-electron chi connectivity index (χ0n) is 19.7. The van der Waals surface area contributed by atoms with E-state index < -0.39 is 0 Å². The summed E-state index contributed by atoms with van der Waals surface area (Å²) in [5, 5.41) is 2.81. The Morgan fingerprint density at radius 3 is 2.74 bits per heavy atom. The number of thiocarbonyl (C=S) groups is 1. The fourth-order valence-electron chi connectivity index (χ4n) is 3.78. The fourth-order valence-corrected chi connectivity index (χ4v) is 5.06. The molecule has 1 N–H and O–H groups in total. The Morgan fingerprint density at radius 1 is 1.23 bits per heavy atom. The van der Waals surface area contributed by atoms with Gasteiger partial charge in [-0.15, -0.1) is 0 Å². The molecule has 0 saturated carbocycles. The summed E-state index contributed by atoms with van der Waals surface area (Å²) in [6.07, 6.45) is 3.79. The quantitative estimate of drug-likeness (QED) is 0.382. The average Bonchev–Trinajstić information content (AvgIpc) is 3.44. The monoisotopic (exact) mass is 512 g/mol. The average molecular weight is 513 g/mol. The minimum Gasteiger partial charge on any atom is -0.490 e. The van der Waals surface area contributed by atoms with Gasteiger partial charge in [-0.2, -0.15) is 0 Å². The van der Waals surface area contributed by atoms with Crippen molar-refractivity contribution in [2.24, 2.45) is 0 Å². The van der Waals surface area contributed by atoms with Crippen molar-refractivity contribution >= 4 is 51.9 Å². The summed E-state index contributed by atoms with van der Waals surface area (Å²) < 4.78 is 17.7. The second kappa shape index (κ2) is 11.7. The highest BCUT2D eigenvalue weighted by Gasteiger charge is 2.34. The van der Waals surface area contributed by atoms with Crippen LogP contribution in [0.4, 0.5) is 5.69 Å². The van der Waals surface area contributed by atoms with Crippen molar-refractivity contribution in [3.8, 4) is 11.5 Å². The maximum absolute atomic E-state index is 12.9. The number of benzene rings is 2. The van der Waals surface area contributed by atoms with Crippen molar-refractivity contribution in [2.75, 3.05) is 31.7 Å². The number of anilines is 1. The number of aryl methyl sites for hydroxylation is 1. The Balaban J connectivity index is 1.41. The lowest BCUT2D eigenvalue weighted by Crippen LogP contribution is -2.35. The first-order valence-electron chi connectivity index (χ1n) is 11.6. The van der Waals surface area contributed by atoms with Crippen LogP contribution in [0.1, 0.15) is 30.9 Å². The minimum absolute atomic E-state index is 0.0426. The highest BCUT2D eigenvalue weighted by atomic mass is 32.2. The molecule has 0 radical (unpaired) electrons. The standard InChI is InChI=1S/C26H28N2O5S2/c1-3-31-22-13-18(14-23-25(30)28(26(34)35-23)15-20-5-4-12-32-20)8-11-21(22)33-16-24(29)27-19-9-6-17(2)7-10-19/h6-11,13-14,20H,3-5,12,15-16H2,1-2H3,(H,27,29)/b23-14-/t20-/m0/s1. The molecule has 2 aromatic rings. The normalized spacial score (nSPS) is 18.9. The van der Waals surface area contributed by atoms with Gasteiger partial charge in [0.15, 0.2) is 18.1 Å². The first-order chi connectivity index (χ1) is 16.9. The smallest absolute Gasteiger partial charge is 0.266 e. The SMILES string of the molecule is CCOc1cc(/C=C2\SC(=S)N(C[C@@H]3CCCO3)C2=O)ccc1OCC(=O)Nc1ccc(C)cc1. The topological polar surface area (TPSA) is 77.1 Å². The molecule has 0 spiro atoms. The van der Waals surface area contributed by atoms with E-state index in [1.165, 1.54) is 11.8 Å². The Hall–Kier alpha value is -2.88. The van der Waals surface area contributed by atoms with Crippen molar-refractivity contribution in [2.45, 2.75) is 32.8 Å². The third-order valence-electron chi connectivity index (χ3n) is 5.54. The molecule has 1 atom stereocenters. The zero-order valence-corrected chi connectivity index (χ0v) is 21.4. The van der Waals surface area contributed by atoms with Gasteiger partial charge < -0.3 is 19.5 Å². The zero-order chi connectivity index (χ0) is 24.8. The number of nitrogens with one attached hydrogen (secondary N) is 1. The number of hydrogen-bond donors (Lipinski definition) is 1. The number of rotatable bonds is 9. The van der Waals surface area contributed by atoms with Gasteiger partial charge in [0, 0.05) is 12.3 Å². The second-order valence-electron chi connectivity index (χ2n) is 8.27. The van der Waals surface area contributed by atoms with Crippen LogP contribution in [0.15, 0.2) is 47.4 Å². The molecular weight excluding hydrogens is 484 g/mol. The highest BCUT2D eigenvalue weighted by Crippen LogP contribution is 2.35. The Kier molecular flexibility index (Phi) is 8.43. The van der Waals surface area contributed by atoms with Gasteiger partial charge in [0.1, 0.15) is 4.32 Å². The molecule has 35 heavy (non-hydrogen) atoms. The molecule has 0 aliphatic carbocycles. The van der Waals surface area contributed by atoms with Crippen LogP contribution >= 0.6 is 24.0 Å². The molecule has 2 aromatic carbocycles. The van der Waals surface area contributed by atoms with Crippen LogP contribution < -0.4 is 14.8 Å². The molecule has 2 aliphatic rings. The molecule has 0 unspecified atom stereocenters. The van der Waals surface area contributed by atoms with Crippen molar-refractivity contribution in [1.82, 2.24) is 4.90 Å². The number of carbonyl (C=O) groups excluding carboxylic acids is 2. The fraction of sp³-hybridized carbons (Fsp3) is 0.346. The van der Waals surface area contributed by atoms with Gasteiger partial charge in [-0.25, -0.2) is 0 Å². The molecular formula is C26H28N2O5S2. The molecule has 2 amide bonds. The van der Waals surface area contributed by atoms with Crippen molar-refractivity contribution < 1.29 is 23.8 Å². The van der Waals surface area contributed by atoms with Crippen molar-refractivity contribution in [3.05, 3.63) is 58.5 Å². The molecule has 184 valence electrons. The lowest BCUT2D eigenvalue weighted by atomic mass is 10.1. The number of amides is 2. The second-order valence-corrected chi connectivity index (χ2v) is 9.95. The van der Waals surface area contributed by atoms with E-state index in [0.717, 1.165) is 30.6 Å². The summed E-state index contributed by atoms with van der Waals surface area (Å²) in [5.41, 5.74) is 2.61. The van der Waals surface area contributed by atoms with Gasteiger partial charge in [-0.3, -0.25) is 14.5 Å².